The topological polar surface area (TPSA) is 90.7 Å². The van der Waals surface area contributed by atoms with E-state index in [0.717, 1.165) is 0 Å². The Hall–Kier alpha value is -0.190. The number of rotatable bonds is 7. The summed E-state index contributed by atoms with van der Waals surface area (Å²) in [6, 6.07) is 3.06. The number of nitrogens with one attached hydrogen (secondary N) is 1. The number of sulfonamides is 1. The minimum atomic E-state index is -3.70. The minimum Gasteiger partial charge on any atom is -0.399 e. The number of hydrogen-bond acceptors (Lipinski definition) is 5. The monoisotopic (exact) mass is 430 g/mol. The highest BCUT2D eigenvalue weighted by atomic mass is 79.9. The van der Waals surface area contributed by atoms with Crippen molar-refractivity contribution >= 4 is 47.6 Å². The second-order valence-electron chi connectivity index (χ2n) is 3.98. The van der Waals surface area contributed by atoms with Gasteiger partial charge in [0, 0.05) is 35.4 Å². The van der Waals surface area contributed by atoms with Gasteiger partial charge in [-0.3, -0.25) is 0 Å². The van der Waals surface area contributed by atoms with Crippen molar-refractivity contribution < 1.29 is 17.9 Å². The molecule has 1 aromatic rings. The summed E-state index contributed by atoms with van der Waals surface area (Å²) in [4.78, 5) is 0.0963. The van der Waals surface area contributed by atoms with Gasteiger partial charge >= 0.3 is 0 Å². The maximum atomic E-state index is 12.3. The first-order chi connectivity index (χ1) is 9.31. The number of benzene rings is 1. The maximum absolute atomic E-state index is 12.3. The molecule has 114 valence electrons. The largest absolute Gasteiger partial charge is 0.399 e. The zero-order chi connectivity index (χ0) is 15.3. The van der Waals surface area contributed by atoms with Gasteiger partial charge in [-0.05, 0) is 44.0 Å². The lowest BCUT2D eigenvalue weighted by atomic mass is 10.3. The maximum Gasteiger partial charge on any atom is 0.242 e. The standard InChI is InChI=1S/C11H16Br2N2O4S/c1-18-6-8(19-2)5-15-20(16,17)11-9(12)3-7(14)4-10(11)13/h3-4,8,15H,5-6,14H2,1-2H3. The van der Waals surface area contributed by atoms with Crippen LogP contribution in [0.3, 0.4) is 0 Å². The van der Waals surface area contributed by atoms with Crippen molar-refractivity contribution in [2.45, 2.75) is 11.0 Å². The van der Waals surface area contributed by atoms with Gasteiger partial charge in [0.1, 0.15) is 4.90 Å². The van der Waals surface area contributed by atoms with Crippen molar-refractivity contribution in [3.05, 3.63) is 21.1 Å². The van der Waals surface area contributed by atoms with Crippen molar-refractivity contribution in [2.75, 3.05) is 33.1 Å². The average Bonchev–Trinajstić information content (AvgIpc) is 2.32. The third kappa shape index (κ3) is 4.68. The molecule has 0 saturated carbocycles. The number of nitrogens with two attached hydrogens (primary N) is 1. The molecule has 0 bridgehead atoms. The van der Waals surface area contributed by atoms with Crippen molar-refractivity contribution in [3.8, 4) is 0 Å². The van der Waals surface area contributed by atoms with Gasteiger partial charge in [0.2, 0.25) is 10.0 Å². The zero-order valence-corrected chi connectivity index (χ0v) is 15.0. The number of anilines is 1. The van der Waals surface area contributed by atoms with Crippen LogP contribution in [0, 0.1) is 0 Å². The predicted octanol–water partition coefficient (Wildman–Crippen LogP) is 1.73. The number of nitrogen functional groups attached to an aromatic ring is 1. The molecule has 0 radical (unpaired) electrons. The molecular formula is C11H16Br2N2O4S. The third-order valence-corrected chi connectivity index (χ3v) is 5.78. The summed E-state index contributed by atoms with van der Waals surface area (Å²) >= 11 is 6.41. The number of halogens is 2. The molecule has 3 N–H and O–H groups in total. The number of methoxy groups -OCH3 is 2. The second kappa shape index (κ2) is 7.71. The molecule has 0 aromatic heterocycles. The fraction of sp³-hybridized carbons (Fsp3) is 0.455. The molecule has 20 heavy (non-hydrogen) atoms. The normalized spacial score (nSPS) is 13.4. The Kier molecular flexibility index (Phi) is 6.89. The molecule has 1 unspecified atom stereocenters. The summed E-state index contributed by atoms with van der Waals surface area (Å²) in [7, 11) is -0.682. The van der Waals surface area contributed by atoms with E-state index in [1.165, 1.54) is 26.4 Å². The molecule has 0 fully saturated rings. The van der Waals surface area contributed by atoms with Gasteiger partial charge in [-0.1, -0.05) is 0 Å². The van der Waals surface area contributed by atoms with Crippen LogP contribution in [0.15, 0.2) is 26.0 Å². The van der Waals surface area contributed by atoms with Crippen LogP contribution in [0.5, 0.6) is 0 Å². The van der Waals surface area contributed by atoms with Crippen LogP contribution in [0.1, 0.15) is 0 Å². The number of ether oxygens (including phenoxy) is 2. The lowest BCUT2D eigenvalue weighted by molar-refractivity contribution is 0.0320. The van der Waals surface area contributed by atoms with Crippen molar-refractivity contribution in [1.29, 1.82) is 0 Å². The first kappa shape index (κ1) is 17.9. The van der Waals surface area contributed by atoms with Crippen LogP contribution in [0.2, 0.25) is 0 Å². The Labute approximate surface area is 135 Å². The lowest BCUT2D eigenvalue weighted by Gasteiger charge is -2.16. The quantitative estimate of drug-likeness (QED) is 0.641. The summed E-state index contributed by atoms with van der Waals surface area (Å²) in [6.45, 7) is 0.402. The Bertz CT molecular complexity index is 543. The van der Waals surface area contributed by atoms with Gasteiger partial charge in [0.15, 0.2) is 0 Å². The van der Waals surface area contributed by atoms with Gasteiger partial charge in [0.05, 0.1) is 12.7 Å². The molecule has 0 spiro atoms. The fourth-order valence-corrected chi connectivity index (χ4v) is 5.19. The molecule has 1 aromatic carbocycles. The Balaban J connectivity index is 2.95. The highest BCUT2D eigenvalue weighted by Crippen LogP contribution is 2.32. The van der Waals surface area contributed by atoms with Crippen LogP contribution in [-0.2, 0) is 19.5 Å². The van der Waals surface area contributed by atoms with E-state index in [9.17, 15) is 8.42 Å². The summed E-state index contributed by atoms with van der Waals surface area (Å²) in [5.41, 5.74) is 6.10. The van der Waals surface area contributed by atoms with E-state index in [0.29, 0.717) is 21.2 Å². The average molecular weight is 432 g/mol. The highest BCUT2D eigenvalue weighted by Gasteiger charge is 2.23. The molecule has 9 heteroatoms. The van der Waals surface area contributed by atoms with Crippen molar-refractivity contribution in [1.82, 2.24) is 4.72 Å². The van der Waals surface area contributed by atoms with E-state index in [2.05, 4.69) is 36.6 Å². The molecule has 0 saturated heterocycles. The first-order valence-electron chi connectivity index (χ1n) is 5.57. The van der Waals surface area contributed by atoms with Gasteiger partial charge in [-0.2, -0.15) is 0 Å². The van der Waals surface area contributed by atoms with E-state index in [1.54, 1.807) is 0 Å². The van der Waals surface area contributed by atoms with Crippen LogP contribution in [0.25, 0.3) is 0 Å². The van der Waals surface area contributed by atoms with E-state index in [1.807, 2.05) is 0 Å². The molecule has 0 aliphatic carbocycles. The summed E-state index contributed by atoms with van der Waals surface area (Å²) in [5, 5.41) is 0. The smallest absolute Gasteiger partial charge is 0.242 e. The molecule has 0 aliphatic heterocycles. The first-order valence-corrected chi connectivity index (χ1v) is 8.64. The van der Waals surface area contributed by atoms with Crippen molar-refractivity contribution in [3.63, 3.8) is 0 Å². The van der Waals surface area contributed by atoms with Gasteiger partial charge in [-0.15, -0.1) is 0 Å². The highest BCUT2D eigenvalue weighted by molar-refractivity contribution is 9.11. The van der Waals surface area contributed by atoms with E-state index in [-0.39, 0.29) is 17.5 Å². The second-order valence-corrected chi connectivity index (χ2v) is 7.39. The Morgan fingerprint density at radius 1 is 1.30 bits per heavy atom. The van der Waals surface area contributed by atoms with Crippen LogP contribution in [0.4, 0.5) is 5.69 Å². The molecule has 0 heterocycles. The molecule has 1 rings (SSSR count). The zero-order valence-electron chi connectivity index (χ0n) is 11.0. The van der Waals surface area contributed by atoms with Gasteiger partial charge in [-0.25, -0.2) is 13.1 Å². The predicted molar refractivity (Wildman–Crippen MR) is 84.1 cm³/mol. The lowest BCUT2D eigenvalue weighted by Crippen LogP contribution is -2.35. The molecule has 1 atom stereocenters. The summed E-state index contributed by atoms with van der Waals surface area (Å²) in [5.74, 6) is 0. The van der Waals surface area contributed by atoms with E-state index < -0.39 is 10.0 Å². The molecule has 6 nitrogen and oxygen atoms in total. The fourth-order valence-electron chi connectivity index (χ4n) is 1.51. The molecule has 0 aliphatic rings. The minimum absolute atomic E-state index is 0.0963. The molecule has 0 amide bonds. The van der Waals surface area contributed by atoms with Gasteiger partial charge < -0.3 is 15.2 Å². The summed E-state index contributed by atoms with van der Waals surface area (Å²) in [6.07, 6.45) is -0.360. The van der Waals surface area contributed by atoms with Crippen LogP contribution >= 0.6 is 31.9 Å². The third-order valence-electron chi connectivity index (χ3n) is 2.48. The SMILES string of the molecule is COCC(CNS(=O)(=O)c1c(Br)cc(N)cc1Br)OC. The Morgan fingerprint density at radius 2 is 1.85 bits per heavy atom. The van der Waals surface area contributed by atoms with Crippen molar-refractivity contribution in [2.24, 2.45) is 0 Å². The number of hydrogen-bond donors (Lipinski definition) is 2. The Morgan fingerprint density at radius 3 is 2.30 bits per heavy atom. The van der Waals surface area contributed by atoms with Crippen LogP contribution < -0.4 is 10.5 Å². The van der Waals surface area contributed by atoms with E-state index >= 15 is 0 Å². The van der Waals surface area contributed by atoms with Gasteiger partial charge in [0.25, 0.3) is 0 Å². The van der Waals surface area contributed by atoms with E-state index in [4.69, 9.17) is 15.2 Å². The summed E-state index contributed by atoms with van der Waals surface area (Å²) < 4.78 is 37.9. The molecular weight excluding hydrogens is 416 g/mol. The van der Waals surface area contributed by atoms with Crippen LogP contribution in [-0.4, -0.2) is 41.9 Å².